The molecule has 1 heterocycles. The van der Waals surface area contributed by atoms with Crippen LogP contribution in [-0.2, 0) is 33.6 Å². The third-order valence-electron chi connectivity index (χ3n) is 8.17. The van der Waals surface area contributed by atoms with E-state index in [0.29, 0.717) is 31.3 Å². The third-order valence-corrected chi connectivity index (χ3v) is 8.81. The molecular formula is C31H56N12O9S. The summed E-state index contributed by atoms with van der Waals surface area (Å²) in [7, 11) is 0. The van der Waals surface area contributed by atoms with E-state index in [-0.39, 0.29) is 63.7 Å². The van der Waals surface area contributed by atoms with Crippen LogP contribution >= 0.6 is 11.8 Å². The lowest BCUT2D eigenvalue weighted by Gasteiger charge is -2.31. The molecule has 1 saturated heterocycles. The summed E-state index contributed by atoms with van der Waals surface area (Å²) in [5.41, 5.74) is 27.3. The number of carboxylic acids is 1. The SMILES string of the molecule is CSCC[C@H](N)C(=O)N[C@@H](CCCN=C(N)N)C(=O)N[C@H](C(=O)N[C@@H](CCC(=O)O)C(=O)N1CCC[C@H]1C(=O)N[C@H](C=O)CCCN=C(N)N)[C@@H](C)O. The van der Waals surface area contributed by atoms with Crippen molar-refractivity contribution in [2.24, 2.45) is 38.7 Å². The number of carbonyl (C=O) groups is 7. The number of carboxylic acid groups (broad SMARTS) is 1. The molecule has 5 amide bonds. The molecule has 0 aromatic rings. The number of aliphatic carboxylic acids is 1. The van der Waals surface area contributed by atoms with Gasteiger partial charge in [-0.1, -0.05) is 0 Å². The van der Waals surface area contributed by atoms with E-state index >= 15 is 0 Å². The van der Waals surface area contributed by atoms with Crippen molar-refractivity contribution in [1.29, 1.82) is 0 Å². The van der Waals surface area contributed by atoms with E-state index in [2.05, 4.69) is 31.3 Å². The number of nitrogens with zero attached hydrogens (tertiary/aromatic N) is 3. The van der Waals surface area contributed by atoms with Crippen LogP contribution in [0.2, 0.25) is 0 Å². The first-order valence-corrected chi connectivity index (χ1v) is 18.6. The van der Waals surface area contributed by atoms with E-state index in [1.54, 1.807) is 0 Å². The number of thioether (sulfide) groups is 1. The van der Waals surface area contributed by atoms with Gasteiger partial charge in [0, 0.05) is 26.1 Å². The number of aliphatic imine (C=N–C) groups is 2. The van der Waals surface area contributed by atoms with E-state index < -0.39 is 84.3 Å². The minimum atomic E-state index is -1.66. The molecule has 22 heteroatoms. The average Bonchev–Trinajstić information content (AvgIpc) is 3.59. The summed E-state index contributed by atoms with van der Waals surface area (Å²) in [6.07, 6.45) is 1.79. The van der Waals surface area contributed by atoms with Gasteiger partial charge in [-0.05, 0) is 70.3 Å². The van der Waals surface area contributed by atoms with Crippen molar-refractivity contribution in [2.45, 2.75) is 107 Å². The fourth-order valence-electron chi connectivity index (χ4n) is 5.35. The Labute approximate surface area is 312 Å². The molecule has 0 bridgehead atoms. The molecule has 21 nitrogen and oxygen atoms in total. The maximum absolute atomic E-state index is 13.8. The van der Waals surface area contributed by atoms with E-state index in [0.717, 1.165) is 0 Å². The smallest absolute Gasteiger partial charge is 0.303 e. The second-order valence-corrected chi connectivity index (χ2v) is 13.5. The first-order valence-electron chi connectivity index (χ1n) is 17.2. The molecule has 1 fully saturated rings. The number of carbonyl (C=O) groups excluding carboxylic acids is 6. The Bertz CT molecular complexity index is 1310. The van der Waals surface area contributed by atoms with E-state index in [1.807, 2.05) is 6.26 Å². The molecule has 7 atom stereocenters. The van der Waals surface area contributed by atoms with Crippen LogP contribution in [0.1, 0.15) is 64.7 Å². The fourth-order valence-corrected chi connectivity index (χ4v) is 5.84. The van der Waals surface area contributed by atoms with Gasteiger partial charge in [0.2, 0.25) is 29.5 Å². The van der Waals surface area contributed by atoms with Crippen molar-refractivity contribution >= 4 is 65.5 Å². The molecule has 0 radical (unpaired) electrons. The van der Waals surface area contributed by atoms with Crippen molar-refractivity contribution in [2.75, 3.05) is 31.6 Å². The molecule has 1 aliphatic rings. The number of aldehydes is 1. The summed E-state index contributed by atoms with van der Waals surface area (Å²) in [5, 5.41) is 29.9. The van der Waals surface area contributed by atoms with Gasteiger partial charge in [0.1, 0.15) is 30.5 Å². The molecule has 53 heavy (non-hydrogen) atoms. The summed E-state index contributed by atoms with van der Waals surface area (Å²) >= 11 is 1.48. The Balaban J connectivity index is 3.17. The summed E-state index contributed by atoms with van der Waals surface area (Å²) in [5.74, 6) is -4.85. The molecule has 0 aromatic carbocycles. The molecule has 1 rings (SSSR count). The van der Waals surface area contributed by atoms with E-state index in [1.165, 1.54) is 23.6 Å². The van der Waals surface area contributed by atoms with Gasteiger partial charge < -0.3 is 69.8 Å². The molecule has 16 N–H and O–H groups in total. The van der Waals surface area contributed by atoms with Gasteiger partial charge in [-0.15, -0.1) is 0 Å². The number of amides is 5. The van der Waals surface area contributed by atoms with Crippen molar-refractivity contribution in [3.05, 3.63) is 0 Å². The topological polar surface area (TPSA) is 366 Å². The second kappa shape index (κ2) is 24.5. The first-order chi connectivity index (χ1) is 25.0. The minimum Gasteiger partial charge on any atom is -0.481 e. The Morgan fingerprint density at radius 1 is 0.868 bits per heavy atom. The van der Waals surface area contributed by atoms with Crippen LogP contribution in [0.5, 0.6) is 0 Å². The molecule has 0 aliphatic carbocycles. The number of likely N-dealkylation sites (tertiary alicyclic amines) is 1. The molecule has 0 unspecified atom stereocenters. The average molecular weight is 773 g/mol. The lowest BCUT2D eigenvalue weighted by Crippen LogP contribution is -2.61. The highest BCUT2D eigenvalue weighted by Gasteiger charge is 2.40. The van der Waals surface area contributed by atoms with Crippen LogP contribution in [0.4, 0.5) is 0 Å². The number of nitrogens with two attached hydrogens (primary N) is 5. The van der Waals surface area contributed by atoms with Crippen molar-refractivity contribution in [1.82, 2.24) is 26.2 Å². The normalized spacial score (nSPS) is 17.1. The van der Waals surface area contributed by atoms with Gasteiger partial charge in [0.25, 0.3) is 0 Å². The monoisotopic (exact) mass is 772 g/mol. The van der Waals surface area contributed by atoms with E-state index in [4.69, 9.17) is 28.7 Å². The Hall–Kier alpha value is -4.70. The molecular weight excluding hydrogens is 716 g/mol. The summed E-state index contributed by atoms with van der Waals surface area (Å²) in [4.78, 5) is 98.9. The lowest BCUT2D eigenvalue weighted by atomic mass is 10.0. The maximum Gasteiger partial charge on any atom is 0.303 e. The highest BCUT2D eigenvalue weighted by atomic mass is 32.2. The number of rotatable bonds is 25. The van der Waals surface area contributed by atoms with Crippen molar-refractivity contribution in [3.8, 4) is 0 Å². The number of hydrogen-bond donors (Lipinski definition) is 11. The highest BCUT2D eigenvalue weighted by molar-refractivity contribution is 7.98. The Kier molecular flexibility index (Phi) is 21.4. The molecule has 0 saturated carbocycles. The van der Waals surface area contributed by atoms with Crippen LogP contribution in [0, 0.1) is 0 Å². The van der Waals surface area contributed by atoms with Gasteiger partial charge in [0.15, 0.2) is 11.9 Å². The zero-order valence-electron chi connectivity index (χ0n) is 30.2. The summed E-state index contributed by atoms with van der Waals surface area (Å²) in [6.45, 7) is 1.67. The molecule has 0 spiro atoms. The minimum absolute atomic E-state index is 0.0249. The Morgan fingerprint density at radius 2 is 1.47 bits per heavy atom. The number of guanidine groups is 2. The third kappa shape index (κ3) is 17.6. The van der Waals surface area contributed by atoms with Crippen LogP contribution in [0.3, 0.4) is 0 Å². The van der Waals surface area contributed by atoms with Gasteiger partial charge in [0.05, 0.1) is 18.2 Å². The quantitative estimate of drug-likeness (QED) is 0.0180. The first kappa shape index (κ1) is 46.3. The molecule has 1 aliphatic heterocycles. The maximum atomic E-state index is 13.8. The Morgan fingerprint density at radius 3 is 2.02 bits per heavy atom. The fraction of sp³-hybridized carbons (Fsp3) is 0.710. The largest absolute Gasteiger partial charge is 0.481 e. The van der Waals surface area contributed by atoms with Gasteiger partial charge in [-0.2, -0.15) is 11.8 Å². The molecule has 300 valence electrons. The predicted octanol–water partition coefficient (Wildman–Crippen LogP) is -4.45. The highest BCUT2D eigenvalue weighted by Crippen LogP contribution is 2.20. The predicted molar refractivity (Wildman–Crippen MR) is 198 cm³/mol. The van der Waals surface area contributed by atoms with Gasteiger partial charge >= 0.3 is 5.97 Å². The van der Waals surface area contributed by atoms with Crippen LogP contribution in [0.25, 0.3) is 0 Å². The number of aliphatic hydroxyl groups excluding tert-OH is 1. The number of aliphatic hydroxyl groups is 1. The van der Waals surface area contributed by atoms with Gasteiger partial charge in [-0.25, -0.2) is 0 Å². The lowest BCUT2D eigenvalue weighted by molar-refractivity contribution is -0.144. The second-order valence-electron chi connectivity index (χ2n) is 12.5. The number of nitrogens with one attached hydrogen (secondary N) is 4. The van der Waals surface area contributed by atoms with Gasteiger partial charge in [-0.3, -0.25) is 38.8 Å². The van der Waals surface area contributed by atoms with Crippen LogP contribution < -0.4 is 49.9 Å². The van der Waals surface area contributed by atoms with Crippen molar-refractivity contribution in [3.63, 3.8) is 0 Å². The zero-order valence-corrected chi connectivity index (χ0v) is 31.0. The van der Waals surface area contributed by atoms with Crippen molar-refractivity contribution < 1.29 is 43.8 Å². The van der Waals surface area contributed by atoms with Crippen LogP contribution in [0.15, 0.2) is 9.98 Å². The van der Waals surface area contributed by atoms with Crippen LogP contribution in [-0.4, -0.2) is 143 Å². The summed E-state index contributed by atoms with van der Waals surface area (Å²) < 4.78 is 0. The standard InChI is InChI=1S/C31H56N12O9S/c1-17(45)24(42-26(49)20(7-4-13-38-31(35)36)40-25(48)19(32)11-15-53-2)28(51)41-21(9-10-23(46)47)29(52)43-14-5-8-22(43)27(50)39-18(16-44)6-3-12-37-30(33)34/h16-22,24,45H,3-15,32H2,1-2H3,(H,39,50)(H,40,48)(H,41,51)(H,42,49)(H,46,47)(H4,33,34,37)(H4,35,36,38)/t17-,18+,19+,20+,21+,22+,24+/m1/s1. The summed E-state index contributed by atoms with van der Waals surface area (Å²) in [6, 6.07) is -7.20. The molecule has 0 aromatic heterocycles. The number of hydrogen-bond acceptors (Lipinski definition) is 12. The zero-order chi connectivity index (χ0) is 40.1. The van der Waals surface area contributed by atoms with E-state index in [9.17, 15) is 43.8 Å².